The zero-order valence-corrected chi connectivity index (χ0v) is 21.1. The predicted molar refractivity (Wildman–Crippen MR) is 133 cm³/mol. The van der Waals surface area contributed by atoms with Gasteiger partial charge in [-0.3, -0.25) is 4.99 Å². The number of nitrogens with zero attached hydrogens (tertiary/aromatic N) is 2. The van der Waals surface area contributed by atoms with Crippen LogP contribution in [0.4, 0.5) is 0 Å². The van der Waals surface area contributed by atoms with Gasteiger partial charge in [0.05, 0.1) is 12.3 Å². The van der Waals surface area contributed by atoms with Crippen LogP contribution in [0, 0.1) is 0 Å². The summed E-state index contributed by atoms with van der Waals surface area (Å²) in [5.74, 6) is 0.722. The summed E-state index contributed by atoms with van der Waals surface area (Å²) in [6.07, 6.45) is 0.00706. The number of aliphatic imine (C=N–C) groups is 1. The van der Waals surface area contributed by atoms with Crippen LogP contribution in [0.2, 0.25) is 0 Å². The van der Waals surface area contributed by atoms with Crippen molar-refractivity contribution in [3.05, 3.63) is 35.2 Å². The van der Waals surface area contributed by atoms with Crippen LogP contribution in [0.25, 0.3) is 10.1 Å². The number of benzene rings is 1. The quantitative estimate of drug-likeness (QED) is 0.182. The van der Waals surface area contributed by atoms with Gasteiger partial charge in [-0.05, 0) is 37.8 Å². The van der Waals surface area contributed by atoms with Crippen molar-refractivity contribution in [2.24, 2.45) is 4.99 Å². The van der Waals surface area contributed by atoms with Gasteiger partial charge in [0.1, 0.15) is 6.10 Å². The number of rotatable bonds is 10. The predicted octanol–water partition coefficient (Wildman–Crippen LogP) is 2.78. The molecule has 7 nitrogen and oxygen atoms in total. The minimum atomic E-state index is -3.14. The third-order valence-electron chi connectivity index (χ3n) is 4.32. The highest BCUT2D eigenvalue weighted by Crippen LogP contribution is 2.29. The maximum atomic E-state index is 11.7. The molecule has 1 unspecified atom stereocenters. The lowest BCUT2D eigenvalue weighted by Crippen LogP contribution is -2.39. The summed E-state index contributed by atoms with van der Waals surface area (Å²) in [5.41, 5.74) is 0. The number of nitrogens with one attached hydrogen (secondary N) is 2. The highest BCUT2D eigenvalue weighted by Gasteiger charge is 2.14. The van der Waals surface area contributed by atoms with Crippen LogP contribution in [0.15, 0.2) is 35.3 Å². The van der Waals surface area contributed by atoms with Gasteiger partial charge in [-0.2, -0.15) is 0 Å². The van der Waals surface area contributed by atoms with Crippen molar-refractivity contribution >= 4 is 61.4 Å². The lowest BCUT2D eigenvalue weighted by Gasteiger charge is -2.17. The van der Waals surface area contributed by atoms with E-state index >= 15 is 0 Å². The molecule has 10 heteroatoms. The van der Waals surface area contributed by atoms with Gasteiger partial charge in [0.2, 0.25) is 10.0 Å². The number of halogens is 1. The molecule has 2 rings (SSSR count). The Labute approximate surface area is 194 Å². The van der Waals surface area contributed by atoms with Gasteiger partial charge in [0, 0.05) is 36.3 Å². The molecule has 0 radical (unpaired) electrons. The Hall–Kier alpha value is -0.950. The van der Waals surface area contributed by atoms with E-state index in [4.69, 9.17) is 0 Å². The smallest absolute Gasteiger partial charge is 0.213 e. The Bertz CT molecular complexity index is 853. The maximum Gasteiger partial charge on any atom is 0.213 e. The van der Waals surface area contributed by atoms with Crippen molar-refractivity contribution in [1.29, 1.82) is 0 Å². The molecule has 2 aromatic rings. The van der Waals surface area contributed by atoms with Gasteiger partial charge in [0.25, 0.3) is 0 Å². The van der Waals surface area contributed by atoms with Gasteiger partial charge in [-0.15, -0.1) is 35.3 Å². The van der Waals surface area contributed by atoms with Crippen molar-refractivity contribution in [2.75, 3.05) is 39.0 Å². The number of aliphatic hydroxyl groups excluding tert-OH is 1. The fourth-order valence-corrected chi connectivity index (χ4v) is 4.53. The Morgan fingerprint density at radius 1 is 1.28 bits per heavy atom. The maximum absolute atomic E-state index is 11.7. The number of thiophene rings is 1. The van der Waals surface area contributed by atoms with E-state index < -0.39 is 16.1 Å². The molecule has 1 atom stereocenters. The minimum Gasteiger partial charge on any atom is -0.386 e. The summed E-state index contributed by atoms with van der Waals surface area (Å²) in [4.78, 5) is 5.36. The first-order valence-corrected chi connectivity index (χ1v) is 11.9. The standard InChI is InChI=1S/C19H30N4O3S2.HI/c1-4-20-19(21-11-8-12-23(3)28(25,26)5-2)22-14-16(24)18-13-15-9-6-7-10-17(15)27-18;/h6-7,9-10,13,16,24H,4-5,8,11-12,14H2,1-3H3,(H2,20,21,22);1H. The second kappa shape index (κ2) is 12.7. The van der Waals surface area contributed by atoms with E-state index in [1.165, 1.54) is 4.31 Å². The third-order valence-corrected chi connectivity index (χ3v) is 7.40. The lowest BCUT2D eigenvalue weighted by molar-refractivity contribution is 0.191. The molecule has 1 heterocycles. The summed E-state index contributed by atoms with van der Waals surface area (Å²) >= 11 is 1.58. The first-order chi connectivity index (χ1) is 13.4. The molecule has 0 saturated heterocycles. The van der Waals surface area contributed by atoms with Gasteiger partial charge in [0.15, 0.2) is 5.96 Å². The monoisotopic (exact) mass is 554 g/mol. The topological polar surface area (TPSA) is 94.0 Å². The van der Waals surface area contributed by atoms with E-state index in [1.54, 1.807) is 25.3 Å². The van der Waals surface area contributed by atoms with E-state index in [2.05, 4.69) is 15.6 Å². The summed E-state index contributed by atoms with van der Waals surface area (Å²) in [5, 5.41) is 17.9. The summed E-state index contributed by atoms with van der Waals surface area (Å²) < 4.78 is 26.0. The Morgan fingerprint density at radius 2 is 2.00 bits per heavy atom. The third kappa shape index (κ3) is 8.00. The first kappa shape index (κ1) is 26.1. The Balaban J connectivity index is 0.00000420. The SMILES string of the molecule is CCNC(=NCC(O)c1cc2ccccc2s1)NCCCN(C)S(=O)(=O)CC.I. The molecule has 0 spiro atoms. The van der Waals surface area contributed by atoms with Crippen LogP contribution < -0.4 is 10.6 Å². The van der Waals surface area contributed by atoms with Crippen molar-refractivity contribution in [1.82, 2.24) is 14.9 Å². The first-order valence-electron chi connectivity index (χ1n) is 9.50. The highest BCUT2D eigenvalue weighted by molar-refractivity contribution is 14.0. The number of aliphatic hydroxyl groups is 1. The molecule has 1 aromatic heterocycles. The molecule has 164 valence electrons. The zero-order chi connectivity index (χ0) is 20.6. The molecule has 3 N–H and O–H groups in total. The molecule has 0 saturated carbocycles. The van der Waals surface area contributed by atoms with Gasteiger partial charge in [-0.1, -0.05) is 18.2 Å². The molecule has 0 bridgehead atoms. The minimum absolute atomic E-state index is 0. The van der Waals surface area contributed by atoms with E-state index in [1.807, 2.05) is 37.3 Å². The van der Waals surface area contributed by atoms with Crippen LogP contribution in [-0.2, 0) is 10.0 Å². The summed E-state index contributed by atoms with van der Waals surface area (Å²) in [7, 11) is -1.55. The van der Waals surface area contributed by atoms with E-state index in [0.717, 1.165) is 15.0 Å². The van der Waals surface area contributed by atoms with Crippen molar-refractivity contribution in [3.63, 3.8) is 0 Å². The van der Waals surface area contributed by atoms with Crippen molar-refractivity contribution < 1.29 is 13.5 Å². The number of sulfonamides is 1. The lowest BCUT2D eigenvalue weighted by atomic mass is 10.2. The van der Waals surface area contributed by atoms with E-state index in [-0.39, 0.29) is 36.3 Å². The Kier molecular flexibility index (Phi) is 11.4. The average Bonchev–Trinajstić information content (AvgIpc) is 3.13. The van der Waals surface area contributed by atoms with Gasteiger partial charge in [-0.25, -0.2) is 12.7 Å². The molecule has 0 aliphatic rings. The van der Waals surface area contributed by atoms with Crippen LogP contribution in [-0.4, -0.2) is 62.8 Å². The Morgan fingerprint density at radius 3 is 2.66 bits per heavy atom. The second-order valence-electron chi connectivity index (χ2n) is 6.42. The molecular formula is C19H31IN4O3S2. The molecule has 0 aliphatic carbocycles. The fraction of sp³-hybridized carbons (Fsp3) is 0.526. The zero-order valence-electron chi connectivity index (χ0n) is 17.1. The number of fused-ring (bicyclic) bond motifs is 1. The summed E-state index contributed by atoms with van der Waals surface area (Å²) in [6, 6.07) is 10.1. The van der Waals surface area contributed by atoms with Crippen LogP contribution in [0.3, 0.4) is 0 Å². The molecule has 0 fully saturated rings. The number of guanidine groups is 1. The molecular weight excluding hydrogens is 523 g/mol. The number of hydrogen-bond donors (Lipinski definition) is 3. The fourth-order valence-electron chi connectivity index (χ4n) is 2.64. The molecule has 0 aliphatic heterocycles. The molecule has 1 aromatic carbocycles. The normalized spacial score (nSPS) is 13.3. The van der Waals surface area contributed by atoms with Crippen LogP contribution >= 0.6 is 35.3 Å². The van der Waals surface area contributed by atoms with Crippen LogP contribution in [0.1, 0.15) is 31.2 Å². The van der Waals surface area contributed by atoms with Gasteiger partial charge < -0.3 is 15.7 Å². The van der Waals surface area contributed by atoms with E-state index in [9.17, 15) is 13.5 Å². The van der Waals surface area contributed by atoms with E-state index in [0.29, 0.717) is 32.0 Å². The molecule has 29 heavy (non-hydrogen) atoms. The highest BCUT2D eigenvalue weighted by atomic mass is 127. The van der Waals surface area contributed by atoms with Crippen LogP contribution in [0.5, 0.6) is 0 Å². The molecule has 0 amide bonds. The van der Waals surface area contributed by atoms with Gasteiger partial charge >= 0.3 is 0 Å². The number of hydrogen-bond acceptors (Lipinski definition) is 5. The summed E-state index contributed by atoms with van der Waals surface area (Å²) in [6.45, 7) is 5.62. The largest absolute Gasteiger partial charge is 0.386 e. The second-order valence-corrected chi connectivity index (χ2v) is 9.90. The average molecular weight is 555 g/mol. The van der Waals surface area contributed by atoms with Crippen molar-refractivity contribution in [3.8, 4) is 0 Å². The van der Waals surface area contributed by atoms with Crippen molar-refractivity contribution in [2.45, 2.75) is 26.4 Å².